The fraction of sp³-hybridized carbons (Fsp3) is 0. The van der Waals surface area contributed by atoms with Crippen molar-refractivity contribution in [1.82, 2.24) is 9.97 Å². The Bertz CT molecular complexity index is 1040. The molecule has 0 saturated heterocycles. The van der Waals surface area contributed by atoms with E-state index >= 15 is 0 Å². The molecule has 0 unspecified atom stereocenters. The molecule has 0 radical (unpaired) electrons. The number of allylic oxidation sites excluding steroid dienone is 1. The number of hydrogen-bond acceptors (Lipinski definition) is 4. The second-order valence-corrected chi connectivity index (χ2v) is 5.29. The maximum absolute atomic E-state index is 13.2. The largest absolute Gasteiger partial charge is 0.337 e. The third-order valence-electron chi connectivity index (χ3n) is 3.31. The van der Waals surface area contributed by atoms with E-state index in [-0.39, 0.29) is 22.1 Å². The summed E-state index contributed by atoms with van der Waals surface area (Å²) in [5, 5.41) is 20.5. The van der Waals surface area contributed by atoms with Crippen molar-refractivity contribution >= 4 is 40.0 Å². The minimum atomic E-state index is -0.552. The van der Waals surface area contributed by atoms with Crippen molar-refractivity contribution in [2.45, 2.75) is 0 Å². The van der Waals surface area contributed by atoms with Crippen LogP contribution in [0.5, 0.6) is 0 Å². The molecular weight excluding hydrogens is 335 g/mol. The lowest BCUT2D eigenvalue weighted by Gasteiger charge is -2.00. The standard InChI is InChI=1S/C16H8ClFN4O2/c17-13-3-2-12(22(23)24)6-9(13)5-10(8-19)16-20-14-4-1-11(18)7-15(14)21-16/h1-7H,(H,20,21)/b10-5-. The van der Waals surface area contributed by atoms with Gasteiger partial charge in [-0.25, -0.2) is 9.37 Å². The smallest absolute Gasteiger partial charge is 0.270 e. The highest BCUT2D eigenvalue weighted by atomic mass is 35.5. The van der Waals surface area contributed by atoms with Crippen molar-refractivity contribution in [2.75, 3.05) is 0 Å². The molecule has 0 aliphatic rings. The molecule has 1 N–H and O–H groups in total. The molecular formula is C16H8ClFN4O2. The van der Waals surface area contributed by atoms with Crippen molar-refractivity contribution in [3.05, 3.63) is 68.7 Å². The second-order valence-electron chi connectivity index (χ2n) is 4.88. The minimum absolute atomic E-state index is 0.119. The Balaban J connectivity index is 2.10. The Labute approximate surface area is 140 Å². The second kappa shape index (κ2) is 6.10. The van der Waals surface area contributed by atoms with E-state index in [1.807, 2.05) is 6.07 Å². The summed E-state index contributed by atoms with van der Waals surface area (Å²) in [6.07, 6.45) is 1.39. The summed E-state index contributed by atoms with van der Waals surface area (Å²) in [5.74, 6) is -0.206. The van der Waals surface area contributed by atoms with Crippen LogP contribution in [0.4, 0.5) is 10.1 Å². The van der Waals surface area contributed by atoms with Crippen LogP contribution in [0.3, 0.4) is 0 Å². The van der Waals surface area contributed by atoms with Gasteiger partial charge in [0, 0.05) is 22.7 Å². The predicted molar refractivity (Wildman–Crippen MR) is 87.6 cm³/mol. The molecule has 3 rings (SSSR count). The average Bonchev–Trinajstić information content (AvgIpc) is 2.96. The molecule has 0 bridgehead atoms. The van der Waals surface area contributed by atoms with Crippen LogP contribution in [0.25, 0.3) is 22.7 Å². The quantitative estimate of drug-likeness (QED) is 0.435. The van der Waals surface area contributed by atoms with Gasteiger partial charge in [-0.3, -0.25) is 10.1 Å². The predicted octanol–water partition coefficient (Wildman–Crippen LogP) is 4.33. The maximum atomic E-state index is 13.2. The Morgan fingerprint density at radius 3 is 2.88 bits per heavy atom. The number of nitrogens with zero attached hydrogens (tertiary/aromatic N) is 3. The summed E-state index contributed by atoms with van der Waals surface area (Å²) in [6, 6.07) is 9.90. The number of aromatic nitrogens is 2. The summed E-state index contributed by atoms with van der Waals surface area (Å²) in [6.45, 7) is 0. The summed E-state index contributed by atoms with van der Waals surface area (Å²) >= 11 is 6.03. The van der Waals surface area contributed by atoms with Crippen LogP contribution in [0.2, 0.25) is 5.02 Å². The minimum Gasteiger partial charge on any atom is -0.337 e. The van der Waals surface area contributed by atoms with E-state index in [0.29, 0.717) is 16.6 Å². The number of non-ortho nitro benzene ring substituents is 1. The lowest BCUT2D eigenvalue weighted by molar-refractivity contribution is -0.384. The summed E-state index contributed by atoms with van der Waals surface area (Å²) in [5.41, 5.74) is 1.23. The fourth-order valence-corrected chi connectivity index (χ4v) is 2.35. The highest BCUT2D eigenvalue weighted by molar-refractivity contribution is 6.32. The number of nitro groups is 1. The van der Waals surface area contributed by atoms with E-state index in [1.165, 1.54) is 42.5 Å². The van der Waals surface area contributed by atoms with Gasteiger partial charge in [-0.15, -0.1) is 0 Å². The van der Waals surface area contributed by atoms with Gasteiger partial charge in [0.1, 0.15) is 17.7 Å². The first-order valence-electron chi connectivity index (χ1n) is 6.69. The number of aromatic amines is 1. The Morgan fingerprint density at radius 2 is 2.17 bits per heavy atom. The molecule has 3 aromatic rings. The molecule has 24 heavy (non-hydrogen) atoms. The van der Waals surface area contributed by atoms with Crippen LogP contribution in [0.15, 0.2) is 36.4 Å². The van der Waals surface area contributed by atoms with Crippen molar-refractivity contribution < 1.29 is 9.31 Å². The van der Waals surface area contributed by atoms with Crippen LogP contribution < -0.4 is 0 Å². The monoisotopic (exact) mass is 342 g/mol. The molecule has 0 aliphatic heterocycles. The number of H-pyrrole nitrogens is 1. The topological polar surface area (TPSA) is 95.6 Å². The number of nitriles is 1. The van der Waals surface area contributed by atoms with Crippen LogP contribution in [-0.4, -0.2) is 14.9 Å². The van der Waals surface area contributed by atoms with Crippen molar-refractivity contribution in [2.24, 2.45) is 0 Å². The van der Waals surface area contributed by atoms with Crippen LogP contribution >= 0.6 is 11.6 Å². The molecule has 118 valence electrons. The lowest BCUT2D eigenvalue weighted by Crippen LogP contribution is -1.90. The molecule has 0 spiro atoms. The first-order chi connectivity index (χ1) is 11.5. The van der Waals surface area contributed by atoms with Gasteiger partial charge in [-0.2, -0.15) is 5.26 Å². The zero-order valence-corrected chi connectivity index (χ0v) is 12.7. The highest BCUT2D eigenvalue weighted by Crippen LogP contribution is 2.26. The summed E-state index contributed by atoms with van der Waals surface area (Å²) in [4.78, 5) is 17.4. The molecule has 1 heterocycles. The zero-order chi connectivity index (χ0) is 17.3. The number of nitrogens with one attached hydrogen (secondary N) is 1. The Hall–Kier alpha value is -3.24. The highest BCUT2D eigenvalue weighted by Gasteiger charge is 2.12. The van der Waals surface area contributed by atoms with E-state index in [0.717, 1.165) is 0 Å². The van der Waals surface area contributed by atoms with Crippen LogP contribution in [0.1, 0.15) is 11.4 Å². The zero-order valence-electron chi connectivity index (χ0n) is 12.0. The van der Waals surface area contributed by atoms with E-state index in [4.69, 9.17) is 11.6 Å². The van der Waals surface area contributed by atoms with Crippen LogP contribution in [0, 0.1) is 27.3 Å². The van der Waals surface area contributed by atoms with Gasteiger partial charge in [0.25, 0.3) is 5.69 Å². The summed E-state index contributed by atoms with van der Waals surface area (Å²) < 4.78 is 13.2. The SMILES string of the molecule is N#C/C(=C/c1cc([N+](=O)[O-])ccc1Cl)c1nc2ccc(F)cc2[nH]1. The van der Waals surface area contributed by atoms with E-state index in [1.54, 1.807) is 0 Å². The van der Waals surface area contributed by atoms with Gasteiger partial charge >= 0.3 is 0 Å². The fourth-order valence-electron chi connectivity index (χ4n) is 2.17. The first-order valence-corrected chi connectivity index (χ1v) is 7.07. The van der Waals surface area contributed by atoms with E-state index in [2.05, 4.69) is 9.97 Å². The van der Waals surface area contributed by atoms with Gasteiger partial charge in [0.2, 0.25) is 0 Å². The number of fused-ring (bicyclic) bond motifs is 1. The molecule has 6 nitrogen and oxygen atoms in total. The number of hydrogen-bond donors (Lipinski definition) is 1. The third kappa shape index (κ3) is 2.95. The van der Waals surface area contributed by atoms with Gasteiger partial charge in [-0.1, -0.05) is 11.6 Å². The molecule has 0 aliphatic carbocycles. The van der Waals surface area contributed by atoms with Crippen molar-refractivity contribution in [3.63, 3.8) is 0 Å². The third-order valence-corrected chi connectivity index (χ3v) is 3.65. The molecule has 0 fully saturated rings. The number of halogens is 2. The Morgan fingerprint density at radius 1 is 1.38 bits per heavy atom. The number of benzene rings is 2. The van der Waals surface area contributed by atoms with Gasteiger partial charge in [0.05, 0.1) is 21.5 Å². The van der Waals surface area contributed by atoms with Crippen LogP contribution in [-0.2, 0) is 0 Å². The maximum Gasteiger partial charge on any atom is 0.270 e. The number of imidazole rings is 1. The van der Waals surface area contributed by atoms with Gasteiger partial charge < -0.3 is 4.98 Å². The number of rotatable bonds is 3. The van der Waals surface area contributed by atoms with Gasteiger partial charge in [0.15, 0.2) is 0 Å². The molecule has 0 amide bonds. The lowest BCUT2D eigenvalue weighted by atomic mass is 10.1. The molecule has 2 aromatic carbocycles. The average molecular weight is 343 g/mol. The number of nitro benzene ring substituents is 1. The first kappa shape index (κ1) is 15.6. The molecule has 0 atom stereocenters. The normalized spacial score (nSPS) is 11.5. The molecule has 1 aromatic heterocycles. The summed E-state index contributed by atoms with van der Waals surface area (Å²) in [7, 11) is 0. The molecule has 0 saturated carbocycles. The van der Waals surface area contributed by atoms with E-state index < -0.39 is 10.7 Å². The van der Waals surface area contributed by atoms with Gasteiger partial charge in [-0.05, 0) is 30.3 Å². The van der Waals surface area contributed by atoms with Crippen molar-refractivity contribution in [1.29, 1.82) is 5.26 Å². The molecule has 8 heteroatoms. The van der Waals surface area contributed by atoms with E-state index in [9.17, 15) is 19.8 Å². The van der Waals surface area contributed by atoms with Crippen molar-refractivity contribution in [3.8, 4) is 6.07 Å². The Kier molecular flexibility index (Phi) is 3.98.